The van der Waals surface area contributed by atoms with E-state index >= 15 is 0 Å². The predicted molar refractivity (Wildman–Crippen MR) is 126 cm³/mol. The monoisotopic (exact) mass is 495 g/mol. The number of imide groups is 1. The molecular formula is C25H25N3O8. The largest absolute Gasteiger partial charge is 0.489 e. The number of hydrogen-bond acceptors (Lipinski definition) is 8. The van der Waals surface area contributed by atoms with Gasteiger partial charge in [0.05, 0.1) is 23.4 Å². The number of anilines is 1. The van der Waals surface area contributed by atoms with E-state index < -0.39 is 48.3 Å². The fraction of sp³-hybridized carbons (Fsp3) is 0.320. The topological polar surface area (TPSA) is 143 Å². The first-order chi connectivity index (χ1) is 17.3. The second-order valence-electron chi connectivity index (χ2n) is 8.22. The fourth-order valence-corrected chi connectivity index (χ4v) is 4.23. The zero-order chi connectivity index (χ0) is 25.8. The molecule has 0 radical (unpaired) electrons. The van der Waals surface area contributed by atoms with Crippen LogP contribution < -0.4 is 15.0 Å². The van der Waals surface area contributed by atoms with Crippen LogP contribution in [0.1, 0.15) is 34.1 Å². The number of carbonyl (C=O) groups is 5. The molecule has 2 aliphatic rings. The number of aliphatic carboxylic acids is 1. The van der Waals surface area contributed by atoms with Crippen LogP contribution >= 0.6 is 0 Å². The van der Waals surface area contributed by atoms with Gasteiger partial charge < -0.3 is 14.6 Å². The Kier molecular flexibility index (Phi) is 7.30. The normalized spacial score (nSPS) is 17.7. The van der Waals surface area contributed by atoms with Crippen molar-refractivity contribution in [3.05, 3.63) is 59.7 Å². The van der Waals surface area contributed by atoms with Gasteiger partial charge in [-0.3, -0.25) is 39.1 Å². The van der Waals surface area contributed by atoms with E-state index in [4.69, 9.17) is 9.47 Å². The highest BCUT2D eigenvalue weighted by Crippen LogP contribution is 2.31. The van der Waals surface area contributed by atoms with E-state index in [1.54, 1.807) is 55.5 Å². The summed E-state index contributed by atoms with van der Waals surface area (Å²) in [5, 5.41) is 12.3. The van der Waals surface area contributed by atoms with Crippen LogP contribution in [0, 0.1) is 0 Å². The number of benzene rings is 2. The molecule has 188 valence electrons. The highest BCUT2D eigenvalue weighted by molar-refractivity contribution is 6.21. The van der Waals surface area contributed by atoms with E-state index in [-0.39, 0.29) is 37.3 Å². The molecule has 3 amide bonds. The van der Waals surface area contributed by atoms with Crippen LogP contribution in [-0.2, 0) is 19.1 Å². The molecule has 2 aliphatic heterocycles. The number of carboxylic acid groups (broad SMARTS) is 1. The Balaban J connectivity index is 1.53. The first-order valence-electron chi connectivity index (χ1n) is 11.4. The molecule has 2 aromatic carbocycles. The molecule has 0 aliphatic carbocycles. The van der Waals surface area contributed by atoms with Crippen molar-refractivity contribution in [2.24, 2.45) is 0 Å². The molecular weight excluding hydrogens is 470 g/mol. The Morgan fingerprint density at radius 1 is 1.06 bits per heavy atom. The predicted octanol–water partition coefficient (Wildman–Crippen LogP) is 1.07. The molecule has 11 nitrogen and oxygen atoms in total. The van der Waals surface area contributed by atoms with Crippen molar-refractivity contribution in [3.8, 4) is 5.75 Å². The van der Waals surface area contributed by atoms with Crippen LogP contribution in [0.3, 0.4) is 0 Å². The van der Waals surface area contributed by atoms with Crippen molar-refractivity contribution in [2.45, 2.75) is 25.4 Å². The Labute approximate surface area is 206 Å². The summed E-state index contributed by atoms with van der Waals surface area (Å²) in [5.74, 6) is -3.09. The molecule has 0 fully saturated rings. The summed E-state index contributed by atoms with van der Waals surface area (Å²) >= 11 is 0. The Bertz CT molecular complexity index is 1180. The van der Waals surface area contributed by atoms with Gasteiger partial charge in [-0.25, -0.2) is 0 Å². The zero-order valence-corrected chi connectivity index (χ0v) is 19.5. The van der Waals surface area contributed by atoms with Crippen LogP contribution in [0.4, 0.5) is 5.69 Å². The molecule has 0 bridgehead atoms. The molecule has 1 unspecified atom stereocenters. The van der Waals surface area contributed by atoms with Gasteiger partial charge in [0, 0.05) is 6.54 Å². The zero-order valence-electron chi connectivity index (χ0n) is 19.5. The Morgan fingerprint density at radius 2 is 1.69 bits per heavy atom. The van der Waals surface area contributed by atoms with E-state index in [1.165, 1.54) is 0 Å². The highest BCUT2D eigenvalue weighted by atomic mass is 16.5. The minimum absolute atomic E-state index is 0.0278. The molecule has 4 rings (SSSR count). The number of esters is 1. The molecule has 2 atom stereocenters. The van der Waals surface area contributed by atoms with Gasteiger partial charge in [-0.2, -0.15) is 0 Å². The summed E-state index contributed by atoms with van der Waals surface area (Å²) in [4.78, 5) is 65.1. The minimum Gasteiger partial charge on any atom is -0.489 e. The third-order valence-electron chi connectivity index (χ3n) is 5.91. The van der Waals surface area contributed by atoms with Crippen LogP contribution in [0.5, 0.6) is 5.75 Å². The van der Waals surface area contributed by atoms with E-state index in [0.717, 1.165) is 9.80 Å². The summed E-state index contributed by atoms with van der Waals surface area (Å²) < 4.78 is 10.9. The van der Waals surface area contributed by atoms with Crippen molar-refractivity contribution in [1.82, 2.24) is 10.2 Å². The van der Waals surface area contributed by atoms with Crippen molar-refractivity contribution in [2.75, 3.05) is 31.2 Å². The summed E-state index contributed by atoms with van der Waals surface area (Å²) in [6.07, 6.45) is -0.0278. The molecule has 11 heteroatoms. The lowest BCUT2D eigenvalue weighted by Crippen LogP contribution is -2.55. The number of ether oxygens (including phenoxy) is 2. The van der Waals surface area contributed by atoms with Crippen LogP contribution in [0.25, 0.3) is 0 Å². The van der Waals surface area contributed by atoms with E-state index in [9.17, 15) is 29.1 Å². The number of hydrogen-bond donors (Lipinski definition) is 2. The van der Waals surface area contributed by atoms with Crippen molar-refractivity contribution in [3.63, 3.8) is 0 Å². The maximum Gasteiger partial charge on any atom is 0.323 e. The molecule has 2 heterocycles. The number of carbonyl (C=O) groups excluding carboxylic acids is 4. The maximum atomic E-state index is 13.3. The van der Waals surface area contributed by atoms with Gasteiger partial charge in [-0.1, -0.05) is 24.3 Å². The summed E-state index contributed by atoms with van der Waals surface area (Å²) in [7, 11) is 0. The van der Waals surface area contributed by atoms with Crippen LogP contribution in [-0.4, -0.2) is 78.1 Å². The molecule has 36 heavy (non-hydrogen) atoms. The molecule has 2 N–H and O–H groups in total. The molecule has 0 saturated carbocycles. The van der Waals surface area contributed by atoms with E-state index in [2.05, 4.69) is 5.32 Å². The second kappa shape index (κ2) is 10.6. The van der Waals surface area contributed by atoms with Gasteiger partial charge in [0.1, 0.15) is 31.0 Å². The number of nitrogens with zero attached hydrogens (tertiary/aromatic N) is 2. The van der Waals surface area contributed by atoms with Gasteiger partial charge >= 0.3 is 11.9 Å². The average molecular weight is 495 g/mol. The lowest BCUT2D eigenvalue weighted by Gasteiger charge is -2.27. The van der Waals surface area contributed by atoms with Gasteiger partial charge in [0.15, 0.2) is 0 Å². The number of para-hydroxylation sites is 2. The van der Waals surface area contributed by atoms with Gasteiger partial charge in [-0.15, -0.1) is 0 Å². The Morgan fingerprint density at radius 3 is 2.33 bits per heavy atom. The average Bonchev–Trinajstić information content (AvgIpc) is 3.03. The SMILES string of the molecule is CCOC(=O)C(CCN1C(=O)c2ccccc2C1=O)N[C@H]1COc2ccccc2N(CC(=O)O)C1=O. The second-order valence-corrected chi connectivity index (χ2v) is 8.22. The molecule has 0 aromatic heterocycles. The molecule has 2 aromatic rings. The number of nitrogens with one attached hydrogen (secondary N) is 1. The van der Waals surface area contributed by atoms with Crippen LogP contribution in [0.15, 0.2) is 48.5 Å². The highest BCUT2D eigenvalue weighted by Gasteiger charge is 2.38. The lowest BCUT2D eigenvalue weighted by molar-refractivity contribution is -0.146. The first-order valence-corrected chi connectivity index (χ1v) is 11.4. The minimum atomic E-state index is -1.22. The fourth-order valence-electron chi connectivity index (χ4n) is 4.23. The third-order valence-corrected chi connectivity index (χ3v) is 5.91. The number of carboxylic acids is 1. The number of amides is 3. The quantitative estimate of drug-likeness (QED) is 0.386. The molecule has 0 spiro atoms. The van der Waals surface area contributed by atoms with E-state index in [0.29, 0.717) is 11.4 Å². The lowest BCUT2D eigenvalue weighted by atomic mass is 10.1. The van der Waals surface area contributed by atoms with Crippen molar-refractivity contribution < 1.29 is 38.6 Å². The first kappa shape index (κ1) is 24.9. The summed E-state index contributed by atoms with van der Waals surface area (Å²) in [6, 6.07) is 10.8. The third kappa shape index (κ3) is 4.91. The van der Waals surface area contributed by atoms with Crippen LogP contribution in [0.2, 0.25) is 0 Å². The smallest absolute Gasteiger partial charge is 0.323 e. The van der Waals surface area contributed by atoms with Crippen molar-refractivity contribution in [1.29, 1.82) is 0 Å². The van der Waals surface area contributed by atoms with Crippen molar-refractivity contribution >= 4 is 35.3 Å². The maximum absolute atomic E-state index is 13.3. The summed E-state index contributed by atoms with van der Waals surface area (Å²) in [6.45, 7) is 0.842. The molecule has 0 saturated heterocycles. The van der Waals surface area contributed by atoms with Gasteiger partial charge in [0.25, 0.3) is 11.8 Å². The van der Waals surface area contributed by atoms with E-state index in [1.807, 2.05) is 0 Å². The standard InChI is InChI=1S/C25H25N3O8/c1-2-35-25(34)17(11-12-27-22(31)15-7-3-4-8-16(15)23(27)32)26-18-14-36-20-10-6-5-9-19(20)28(24(18)33)13-21(29)30/h3-10,17-18,26H,2,11-14H2,1H3,(H,29,30)/t17?,18-/m0/s1. The van der Waals surface area contributed by atoms with Gasteiger partial charge in [0.2, 0.25) is 5.91 Å². The van der Waals surface area contributed by atoms with Gasteiger partial charge in [-0.05, 0) is 37.6 Å². The number of rotatable bonds is 9. The summed E-state index contributed by atoms with van der Waals surface area (Å²) in [5.41, 5.74) is 0.878. The Hall–Kier alpha value is -4.25. The number of fused-ring (bicyclic) bond motifs is 2.